The smallest absolute Gasteiger partial charge is 0.306 e. The molecular weight excluding hydrogens is 661 g/mol. The number of hydrogen-bond donors (Lipinski definition) is 0. The molecule has 0 rings (SSSR count). The van der Waals surface area contributed by atoms with Gasteiger partial charge in [0.15, 0.2) is 0 Å². The molecule has 51 heavy (non-hydrogen) atoms. The average Bonchev–Trinajstić information content (AvgIpc) is 3.07. The Hall–Kier alpha value is -1.80. The number of unbranched alkanes of at least 4 members (excludes halogenated alkanes) is 12. The highest BCUT2D eigenvalue weighted by atomic mass is 31.2. The molecule has 296 valence electrons. The van der Waals surface area contributed by atoms with Gasteiger partial charge in [-0.25, -0.2) is 0 Å². The van der Waals surface area contributed by atoms with Crippen LogP contribution in [0.15, 0.2) is 60.8 Å². The third-order valence-electron chi connectivity index (χ3n) is 8.08. The molecule has 0 aliphatic heterocycles. The number of rotatable bonds is 36. The summed E-state index contributed by atoms with van der Waals surface area (Å²) in [6.07, 6.45) is 42.7. The quantitative estimate of drug-likeness (QED) is 0.0208. The van der Waals surface area contributed by atoms with Crippen molar-refractivity contribution in [1.29, 1.82) is 0 Å². The molecular formula is C42H76NO7P. The van der Waals surface area contributed by atoms with E-state index in [-0.39, 0.29) is 25.8 Å². The van der Waals surface area contributed by atoms with Crippen LogP contribution in [0.2, 0.25) is 0 Å². The Morgan fingerprint density at radius 3 is 1.71 bits per heavy atom. The molecule has 0 aromatic rings. The predicted octanol–water partition coefficient (Wildman–Crippen LogP) is 10.7. The molecule has 8 nitrogen and oxygen atoms in total. The van der Waals surface area contributed by atoms with Crippen molar-refractivity contribution in [3.8, 4) is 0 Å². The first-order chi connectivity index (χ1) is 24.6. The Labute approximate surface area is 313 Å². The summed E-state index contributed by atoms with van der Waals surface area (Å²) in [7, 11) is 1.34. The summed E-state index contributed by atoms with van der Waals surface area (Å²) in [6, 6.07) is 0. The fourth-order valence-electron chi connectivity index (χ4n) is 4.98. The molecule has 0 spiro atoms. The molecule has 0 N–H and O–H groups in total. The maximum absolute atomic E-state index is 12.4. The van der Waals surface area contributed by atoms with Gasteiger partial charge in [0.2, 0.25) is 0 Å². The number of quaternary nitrogens is 1. The minimum absolute atomic E-state index is 0.0219. The topological polar surface area (TPSA) is 94.1 Å². The molecule has 0 aliphatic carbocycles. The number of ether oxygens (including phenoxy) is 2. The van der Waals surface area contributed by atoms with Crippen LogP contribution in [0.1, 0.15) is 142 Å². The number of hydrogen-bond acceptors (Lipinski definition) is 7. The summed E-state index contributed by atoms with van der Waals surface area (Å²) in [6.45, 7) is 5.16. The zero-order valence-corrected chi connectivity index (χ0v) is 34.2. The summed E-state index contributed by atoms with van der Waals surface area (Å²) in [5.41, 5.74) is 0. The van der Waals surface area contributed by atoms with Gasteiger partial charge in [-0.2, -0.15) is 0 Å². The third kappa shape index (κ3) is 39.2. The van der Waals surface area contributed by atoms with Crippen LogP contribution in [0, 0.1) is 0 Å². The van der Waals surface area contributed by atoms with Gasteiger partial charge < -0.3 is 27.9 Å². The van der Waals surface area contributed by atoms with Crippen LogP contribution in [-0.4, -0.2) is 70.7 Å². The second-order valence-electron chi connectivity index (χ2n) is 14.3. The maximum Gasteiger partial charge on any atom is 0.306 e. The van der Waals surface area contributed by atoms with Crippen molar-refractivity contribution in [2.24, 2.45) is 0 Å². The number of phosphoric ester groups is 1. The second kappa shape index (κ2) is 35.2. The van der Waals surface area contributed by atoms with Crippen molar-refractivity contribution in [2.45, 2.75) is 148 Å². The van der Waals surface area contributed by atoms with E-state index in [0.29, 0.717) is 24.1 Å². The fraction of sp³-hybridized carbons (Fsp3) is 0.738. The first-order valence-corrected chi connectivity index (χ1v) is 21.5. The van der Waals surface area contributed by atoms with Crippen molar-refractivity contribution in [3.63, 3.8) is 0 Å². The molecule has 0 saturated carbocycles. The van der Waals surface area contributed by atoms with Gasteiger partial charge in [-0.3, -0.25) is 9.36 Å². The normalized spacial score (nSPS) is 14.5. The molecule has 0 heterocycles. The highest BCUT2D eigenvalue weighted by Crippen LogP contribution is 2.38. The predicted molar refractivity (Wildman–Crippen MR) is 212 cm³/mol. The Kier molecular flexibility index (Phi) is 34.0. The van der Waals surface area contributed by atoms with Gasteiger partial charge in [-0.1, -0.05) is 139 Å². The van der Waals surface area contributed by atoms with Crippen molar-refractivity contribution in [1.82, 2.24) is 0 Å². The SMILES string of the molecule is CC/C=C\C/C=C\C/C=C\C/C=C\C/C=C\CCCCCCCCCCOCC(COP(=O)([O-])OCC[N+](C)(C)C)OC(=O)CCCCCCC. The molecule has 0 radical (unpaired) electrons. The number of nitrogens with zero attached hydrogens (tertiary/aromatic N) is 1. The van der Waals surface area contributed by atoms with Gasteiger partial charge in [0.05, 0.1) is 34.4 Å². The van der Waals surface area contributed by atoms with Crippen LogP contribution in [0.25, 0.3) is 0 Å². The number of esters is 1. The summed E-state index contributed by atoms with van der Waals surface area (Å²) >= 11 is 0. The van der Waals surface area contributed by atoms with E-state index in [1.165, 1.54) is 38.5 Å². The molecule has 0 aromatic carbocycles. The van der Waals surface area contributed by atoms with Crippen molar-refractivity contribution >= 4 is 13.8 Å². The zero-order valence-electron chi connectivity index (χ0n) is 33.3. The number of likely N-dealkylation sites (N-methyl/N-ethyl adjacent to an activating group) is 1. The largest absolute Gasteiger partial charge is 0.756 e. The summed E-state index contributed by atoms with van der Waals surface area (Å²) in [4.78, 5) is 24.7. The molecule has 0 saturated heterocycles. The van der Waals surface area contributed by atoms with Gasteiger partial charge in [0.1, 0.15) is 19.3 Å². The van der Waals surface area contributed by atoms with Gasteiger partial charge in [0.25, 0.3) is 7.82 Å². The van der Waals surface area contributed by atoms with Crippen LogP contribution in [0.4, 0.5) is 0 Å². The van der Waals surface area contributed by atoms with Gasteiger partial charge in [-0.15, -0.1) is 0 Å². The van der Waals surface area contributed by atoms with Crippen LogP contribution >= 0.6 is 7.82 Å². The molecule has 0 fully saturated rings. The lowest BCUT2D eigenvalue weighted by atomic mass is 10.1. The average molecular weight is 738 g/mol. The van der Waals surface area contributed by atoms with E-state index in [1.807, 2.05) is 21.1 Å². The van der Waals surface area contributed by atoms with E-state index in [0.717, 1.165) is 83.5 Å². The lowest BCUT2D eigenvalue weighted by Gasteiger charge is -2.28. The first-order valence-electron chi connectivity index (χ1n) is 20.0. The van der Waals surface area contributed by atoms with E-state index < -0.39 is 13.9 Å². The Morgan fingerprint density at radius 2 is 1.14 bits per heavy atom. The van der Waals surface area contributed by atoms with Gasteiger partial charge in [0, 0.05) is 13.0 Å². The van der Waals surface area contributed by atoms with Crippen LogP contribution in [0.3, 0.4) is 0 Å². The van der Waals surface area contributed by atoms with Crippen molar-refractivity contribution in [2.75, 3.05) is 54.1 Å². The Balaban J connectivity index is 4.03. The zero-order chi connectivity index (χ0) is 37.7. The van der Waals surface area contributed by atoms with E-state index in [2.05, 4.69) is 74.6 Å². The van der Waals surface area contributed by atoms with E-state index in [4.69, 9.17) is 18.5 Å². The van der Waals surface area contributed by atoms with Crippen LogP contribution < -0.4 is 4.89 Å². The lowest BCUT2D eigenvalue weighted by Crippen LogP contribution is -2.37. The molecule has 0 amide bonds. The number of phosphoric acid groups is 1. The highest BCUT2D eigenvalue weighted by molar-refractivity contribution is 7.45. The van der Waals surface area contributed by atoms with Crippen LogP contribution in [-0.2, 0) is 27.9 Å². The summed E-state index contributed by atoms with van der Waals surface area (Å²) in [5, 5.41) is 0. The Morgan fingerprint density at radius 1 is 0.627 bits per heavy atom. The van der Waals surface area contributed by atoms with Gasteiger partial charge in [-0.05, 0) is 57.8 Å². The standard InChI is InChI=1S/C42H76NO7P/c1-6-8-10-12-13-14-15-16-17-18-19-20-21-22-23-24-25-26-27-28-29-30-32-34-37-47-39-41(50-42(44)35-33-31-11-9-7-2)40-49-51(45,46)48-38-36-43(3,4)5/h8,10,13-14,16-17,19-20,22-23,41H,6-7,9,11-12,15,18,21,24-40H2,1-5H3/b10-8-,14-13-,17-16-,20-19-,23-22-. The van der Waals surface area contributed by atoms with Crippen molar-refractivity contribution in [3.05, 3.63) is 60.8 Å². The minimum atomic E-state index is -4.51. The highest BCUT2D eigenvalue weighted by Gasteiger charge is 2.20. The monoisotopic (exact) mass is 738 g/mol. The van der Waals surface area contributed by atoms with E-state index in [1.54, 1.807) is 0 Å². The fourth-order valence-corrected chi connectivity index (χ4v) is 5.71. The molecule has 2 atom stereocenters. The van der Waals surface area contributed by atoms with E-state index in [9.17, 15) is 14.3 Å². The number of carbonyl (C=O) groups excluding carboxylic acids is 1. The lowest BCUT2D eigenvalue weighted by molar-refractivity contribution is -0.870. The maximum atomic E-state index is 12.4. The molecule has 0 aliphatic rings. The second-order valence-corrected chi connectivity index (χ2v) is 15.7. The first kappa shape index (κ1) is 49.2. The van der Waals surface area contributed by atoms with Crippen molar-refractivity contribution < 1.29 is 37.3 Å². The summed E-state index contributed by atoms with van der Waals surface area (Å²) in [5.74, 6) is -0.353. The number of allylic oxidation sites excluding steroid dienone is 10. The molecule has 0 bridgehead atoms. The summed E-state index contributed by atoms with van der Waals surface area (Å²) < 4.78 is 34.2. The van der Waals surface area contributed by atoms with E-state index >= 15 is 0 Å². The number of carbonyl (C=O) groups is 1. The Bertz CT molecular complexity index is 1000. The minimum Gasteiger partial charge on any atom is -0.756 e. The van der Waals surface area contributed by atoms with Crippen LogP contribution in [0.5, 0.6) is 0 Å². The third-order valence-corrected chi connectivity index (χ3v) is 9.05. The molecule has 2 unspecified atom stereocenters. The molecule has 0 aromatic heterocycles. The van der Waals surface area contributed by atoms with Gasteiger partial charge >= 0.3 is 5.97 Å². The molecule has 9 heteroatoms.